The fraction of sp³-hybridized carbons (Fsp3) is 0.417. The first kappa shape index (κ1) is 14.3. The second kappa shape index (κ2) is 5.75. The van der Waals surface area contributed by atoms with Gasteiger partial charge in [-0.15, -0.1) is 13.2 Å². The number of carbonyl (C=O) groups is 1. The first-order chi connectivity index (χ1) is 8.31. The summed E-state index contributed by atoms with van der Waals surface area (Å²) in [6.45, 7) is 3.65. The number of nitrogens with one attached hydrogen (secondary N) is 1. The number of benzene rings is 1. The van der Waals surface area contributed by atoms with Crippen LogP contribution < -0.4 is 10.1 Å². The predicted molar refractivity (Wildman–Crippen MR) is 61.2 cm³/mol. The van der Waals surface area contributed by atoms with E-state index in [0.717, 1.165) is 12.1 Å². The van der Waals surface area contributed by atoms with Gasteiger partial charge in [0.15, 0.2) is 0 Å². The van der Waals surface area contributed by atoms with E-state index < -0.39 is 6.36 Å². The molecule has 1 amide bonds. The smallest absolute Gasteiger partial charge is 0.406 e. The number of alkyl halides is 3. The van der Waals surface area contributed by atoms with Crippen LogP contribution in [0.15, 0.2) is 24.3 Å². The average Bonchev–Trinajstić information content (AvgIpc) is 2.28. The van der Waals surface area contributed by atoms with Crippen molar-refractivity contribution in [1.29, 1.82) is 0 Å². The summed E-state index contributed by atoms with van der Waals surface area (Å²) in [5, 5.41) is 2.61. The van der Waals surface area contributed by atoms with Crippen molar-refractivity contribution < 1.29 is 22.7 Å². The second-order valence-electron chi connectivity index (χ2n) is 3.87. The fourth-order valence-electron chi connectivity index (χ4n) is 1.19. The first-order valence-corrected chi connectivity index (χ1v) is 5.48. The maximum atomic E-state index is 11.9. The Morgan fingerprint density at radius 2 is 1.89 bits per heavy atom. The molecule has 1 aromatic rings. The number of rotatable bonds is 4. The van der Waals surface area contributed by atoms with Crippen LogP contribution in [-0.4, -0.2) is 12.3 Å². The fourth-order valence-corrected chi connectivity index (χ4v) is 1.19. The second-order valence-corrected chi connectivity index (χ2v) is 3.87. The number of ether oxygens (including phenoxy) is 1. The number of halogens is 3. The lowest BCUT2D eigenvalue weighted by atomic mass is 10.1. The van der Waals surface area contributed by atoms with E-state index in [2.05, 4.69) is 10.1 Å². The molecule has 18 heavy (non-hydrogen) atoms. The molecule has 0 heterocycles. The van der Waals surface area contributed by atoms with Crippen molar-refractivity contribution in [2.24, 2.45) is 5.92 Å². The van der Waals surface area contributed by atoms with Crippen molar-refractivity contribution in [2.75, 3.05) is 5.32 Å². The summed E-state index contributed by atoms with van der Waals surface area (Å²) in [5.41, 5.74) is 0.440. The predicted octanol–water partition coefficient (Wildman–Crippen LogP) is 3.57. The van der Waals surface area contributed by atoms with Crippen molar-refractivity contribution in [3.8, 4) is 5.75 Å². The molecule has 0 aliphatic carbocycles. The van der Waals surface area contributed by atoms with E-state index in [1.807, 2.05) is 6.92 Å². The standard InChI is InChI=1S/C12H14F3NO2/c1-3-8(2)11(17)16-9-4-6-10(7-5-9)18-12(13,14)15/h4-8H,3H2,1-2H3,(H,16,17)/t8-/m1/s1. The highest BCUT2D eigenvalue weighted by Crippen LogP contribution is 2.24. The van der Waals surface area contributed by atoms with E-state index in [1.165, 1.54) is 12.1 Å². The largest absolute Gasteiger partial charge is 0.573 e. The summed E-state index contributed by atoms with van der Waals surface area (Å²) in [7, 11) is 0. The Balaban J connectivity index is 2.63. The molecule has 1 atom stereocenters. The third kappa shape index (κ3) is 4.65. The highest BCUT2D eigenvalue weighted by atomic mass is 19.4. The lowest BCUT2D eigenvalue weighted by molar-refractivity contribution is -0.274. The molecule has 0 aliphatic heterocycles. The van der Waals surface area contributed by atoms with Gasteiger partial charge >= 0.3 is 6.36 Å². The van der Waals surface area contributed by atoms with Gasteiger partial charge in [0, 0.05) is 11.6 Å². The highest BCUT2D eigenvalue weighted by molar-refractivity contribution is 5.92. The van der Waals surface area contributed by atoms with Crippen molar-refractivity contribution in [2.45, 2.75) is 26.6 Å². The lowest BCUT2D eigenvalue weighted by Crippen LogP contribution is -2.19. The molecule has 1 rings (SSSR count). The van der Waals surface area contributed by atoms with Crippen LogP contribution >= 0.6 is 0 Å². The Hall–Kier alpha value is -1.72. The Morgan fingerprint density at radius 1 is 1.33 bits per heavy atom. The molecule has 100 valence electrons. The Morgan fingerprint density at radius 3 is 2.33 bits per heavy atom. The Labute approximate surface area is 103 Å². The molecule has 1 N–H and O–H groups in total. The Kier molecular flexibility index (Phi) is 4.58. The van der Waals surface area contributed by atoms with Gasteiger partial charge in [-0.3, -0.25) is 4.79 Å². The van der Waals surface area contributed by atoms with Crippen LogP contribution in [0.25, 0.3) is 0 Å². The van der Waals surface area contributed by atoms with Crippen LogP contribution in [-0.2, 0) is 4.79 Å². The molecule has 0 aromatic heterocycles. The van der Waals surface area contributed by atoms with Crippen LogP contribution in [0.1, 0.15) is 20.3 Å². The van der Waals surface area contributed by atoms with Crippen LogP contribution in [0.3, 0.4) is 0 Å². The van der Waals surface area contributed by atoms with Gasteiger partial charge in [-0.1, -0.05) is 13.8 Å². The molecule has 0 bridgehead atoms. The summed E-state index contributed by atoms with van der Waals surface area (Å²) in [6, 6.07) is 5.03. The van der Waals surface area contributed by atoms with Gasteiger partial charge in [-0.2, -0.15) is 0 Å². The molecule has 0 unspecified atom stereocenters. The normalized spacial score (nSPS) is 12.9. The van der Waals surface area contributed by atoms with Gasteiger partial charge in [0.2, 0.25) is 5.91 Å². The minimum Gasteiger partial charge on any atom is -0.406 e. The van der Waals surface area contributed by atoms with Crippen molar-refractivity contribution in [3.05, 3.63) is 24.3 Å². The van der Waals surface area contributed by atoms with Gasteiger partial charge in [0.05, 0.1) is 0 Å². The van der Waals surface area contributed by atoms with Gasteiger partial charge in [0.25, 0.3) is 0 Å². The Bertz CT molecular complexity index is 401. The van der Waals surface area contributed by atoms with Gasteiger partial charge in [-0.05, 0) is 30.7 Å². The molecular weight excluding hydrogens is 247 g/mol. The molecule has 6 heteroatoms. The zero-order valence-electron chi connectivity index (χ0n) is 10.0. The number of hydrogen-bond donors (Lipinski definition) is 1. The summed E-state index contributed by atoms with van der Waals surface area (Å²) in [6.07, 6.45) is -4.01. The number of hydrogen-bond acceptors (Lipinski definition) is 2. The van der Waals surface area contributed by atoms with E-state index >= 15 is 0 Å². The quantitative estimate of drug-likeness (QED) is 0.899. The number of carbonyl (C=O) groups excluding carboxylic acids is 1. The van der Waals surface area contributed by atoms with E-state index in [9.17, 15) is 18.0 Å². The molecule has 0 aliphatic rings. The summed E-state index contributed by atoms with van der Waals surface area (Å²) < 4.78 is 39.5. The molecule has 0 spiro atoms. The monoisotopic (exact) mass is 261 g/mol. The topological polar surface area (TPSA) is 38.3 Å². The van der Waals surface area contributed by atoms with Crippen molar-refractivity contribution in [3.63, 3.8) is 0 Å². The first-order valence-electron chi connectivity index (χ1n) is 5.48. The molecule has 3 nitrogen and oxygen atoms in total. The number of amides is 1. The average molecular weight is 261 g/mol. The number of anilines is 1. The third-order valence-corrected chi connectivity index (χ3v) is 2.42. The maximum Gasteiger partial charge on any atom is 0.573 e. The van der Waals surface area contributed by atoms with Gasteiger partial charge in [0.1, 0.15) is 5.75 Å². The van der Waals surface area contributed by atoms with E-state index in [4.69, 9.17) is 0 Å². The van der Waals surface area contributed by atoms with E-state index in [0.29, 0.717) is 12.1 Å². The lowest BCUT2D eigenvalue weighted by Gasteiger charge is -2.11. The van der Waals surface area contributed by atoms with Crippen LogP contribution in [0.4, 0.5) is 18.9 Å². The highest BCUT2D eigenvalue weighted by Gasteiger charge is 2.30. The minimum atomic E-state index is -4.71. The van der Waals surface area contributed by atoms with Gasteiger partial charge in [-0.25, -0.2) is 0 Å². The van der Waals surface area contributed by atoms with Crippen LogP contribution in [0.2, 0.25) is 0 Å². The molecule has 0 saturated heterocycles. The summed E-state index contributed by atoms with van der Waals surface area (Å²) in [5.74, 6) is -0.623. The summed E-state index contributed by atoms with van der Waals surface area (Å²) in [4.78, 5) is 11.5. The van der Waals surface area contributed by atoms with Crippen molar-refractivity contribution >= 4 is 11.6 Å². The molecular formula is C12H14F3NO2. The molecule has 1 aromatic carbocycles. The van der Waals surface area contributed by atoms with E-state index in [-0.39, 0.29) is 17.6 Å². The zero-order chi connectivity index (χ0) is 13.8. The zero-order valence-corrected chi connectivity index (χ0v) is 10.0. The van der Waals surface area contributed by atoms with Gasteiger partial charge < -0.3 is 10.1 Å². The third-order valence-electron chi connectivity index (χ3n) is 2.42. The van der Waals surface area contributed by atoms with Crippen LogP contribution in [0.5, 0.6) is 5.75 Å². The minimum absolute atomic E-state index is 0.142. The summed E-state index contributed by atoms with van der Waals surface area (Å²) >= 11 is 0. The van der Waals surface area contributed by atoms with Crippen molar-refractivity contribution in [1.82, 2.24) is 0 Å². The van der Waals surface area contributed by atoms with E-state index in [1.54, 1.807) is 6.92 Å². The molecule has 0 saturated carbocycles. The van der Waals surface area contributed by atoms with Crippen LogP contribution in [0, 0.1) is 5.92 Å². The maximum absolute atomic E-state index is 11.9. The SMILES string of the molecule is CC[C@@H](C)C(=O)Nc1ccc(OC(F)(F)F)cc1. The molecule has 0 radical (unpaired) electrons. The molecule has 0 fully saturated rings.